The number of carbonyl (C=O) groups excluding carboxylic acids is 2. The first-order chi connectivity index (χ1) is 26.4. The zero-order chi connectivity index (χ0) is 36.8. The molecule has 4 N–H and O–H groups in total. The average molecular weight is 701 g/mol. The third-order valence-corrected chi connectivity index (χ3v) is 10.1. The van der Waals surface area contributed by atoms with Crippen LogP contribution < -0.4 is 10.6 Å². The van der Waals surface area contributed by atoms with Gasteiger partial charge in [0.1, 0.15) is 11.5 Å². The van der Waals surface area contributed by atoms with Gasteiger partial charge in [0.2, 0.25) is 0 Å². The van der Waals surface area contributed by atoms with Gasteiger partial charge in [-0.3, -0.25) is 9.59 Å². The summed E-state index contributed by atoms with van der Waals surface area (Å²) in [6, 6.07) is 52.7. The van der Waals surface area contributed by atoms with E-state index in [1.54, 1.807) is 36.4 Å². The summed E-state index contributed by atoms with van der Waals surface area (Å²) in [6.07, 6.45) is 0. The highest BCUT2D eigenvalue weighted by atomic mass is 16.3. The van der Waals surface area contributed by atoms with Crippen LogP contribution in [0.2, 0.25) is 0 Å². The highest BCUT2D eigenvalue weighted by Crippen LogP contribution is 2.45. The SMILES string of the molecule is O=C(Nc1ccc2ccccc2c1-c1c(O)ccc2ccccc12)c1ccc(C(=O)Nc2ccc3ccccc3c2-c2c(O)ccc3ccccc23)cc1. The van der Waals surface area contributed by atoms with Gasteiger partial charge in [-0.2, -0.15) is 0 Å². The number of anilines is 2. The molecule has 0 aromatic heterocycles. The molecule has 2 amide bonds. The molecule has 0 spiro atoms. The van der Waals surface area contributed by atoms with Crippen molar-refractivity contribution < 1.29 is 19.8 Å². The maximum absolute atomic E-state index is 13.8. The standard InChI is InChI=1S/C48H32N2O4/c51-41-27-23-31-11-3-7-15-37(31)45(41)43-35-13-5-1-9-29(35)21-25-39(43)49-47(53)33-17-19-34(20-18-33)48(54)50-40-26-22-30-10-2-6-14-36(30)44(40)46-38-16-8-4-12-32(38)24-28-42(46)52/h1-28,51-52H,(H,49,53)(H,50,54). The van der Waals surface area contributed by atoms with E-state index in [1.165, 1.54) is 0 Å². The molecule has 54 heavy (non-hydrogen) atoms. The van der Waals surface area contributed by atoms with Gasteiger partial charge in [0.05, 0.1) is 0 Å². The van der Waals surface area contributed by atoms with Crippen LogP contribution in [-0.2, 0) is 0 Å². The maximum atomic E-state index is 13.8. The average Bonchev–Trinajstić information content (AvgIpc) is 3.21. The number of amides is 2. The highest BCUT2D eigenvalue weighted by Gasteiger charge is 2.21. The van der Waals surface area contributed by atoms with Crippen LogP contribution in [0, 0.1) is 0 Å². The molecule has 6 heteroatoms. The fraction of sp³-hybridized carbons (Fsp3) is 0. The minimum atomic E-state index is -0.360. The zero-order valence-corrected chi connectivity index (χ0v) is 28.9. The van der Waals surface area contributed by atoms with Crippen LogP contribution in [-0.4, -0.2) is 22.0 Å². The van der Waals surface area contributed by atoms with Crippen LogP contribution in [0.25, 0.3) is 65.3 Å². The number of carbonyl (C=O) groups is 2. The number of fused-ring (bicyclic) bond motifs is 4. The molecule has 0 bridgehead atoms. The molecular formula is C48H32N2O4. The molecule has 9 aromatic rings. The Kier molecular flexibility index (Phi) is 7.98. The molecule has 0 aliphatic carbocycles. The molecule has 0 aliphatic rings. The van der Waals surface area contributed by atoms with E-state index in [0.29, 0.717) is 33.6 Å². The van der Waals surface area contributed by atoms with Gasteiger partial charge in [0, 0.05) is 44.8 Å². The third kappa shape index (κ3) is 5.63. The van der Waals surface area contributed by atoms with Crippen LogP contribution in [0.4, 0.5) is 11.4 Å². The Morgan fingerprint density at radius 2 is 0.630 bits per heavy atom. The van der Waals surface area contributed by atoms with E-state index >= 15 is 0 Å². The minimum absolute atomic E-state index is 0.112. The molecular weight excluding hydrogens is 669 g/mol. The van der Waals surface area contributed by atoms with Crippen molar-refractivity contribution in [3.63, 3.8) is 0 Å². The van der Waals surface area contributed by atoms with Crippen molar-refractivity contribution >= 4 is 66.3 Å². The van der Waals surface area contributed by atoms with Crippen LogP contribution in [0.15, 0.2) is 170 Å². The molecule has 0 fully saturated rings. The lowest BCUT2D eigenvalue weighted by Gasteiger charge is -2.18. The Labute approximate surface area is 310 Å². The minimum Gasteiger partial charge on any atom is -0.507 e. The lowest BCUT2D eigenvalue weighted by atomic mass is 9.91. The van der Waals surface area contributed by atoms with Gasteiger partial charge in [-0.05, 0) is 91.6 Å². The Balaban J connectivity index is 1.05. The Hall–Kier alpha value is -7.44. The molecule has 0 atom stereocenters. The van der Waals surface area contributed by atoms with Crippen molar-refractivity contribution in [1.29, 1.82) is 0 Å². The van der Waals surface area contributed by atoms with Crippen molar-refractivity contribution in [3.05, 3.63) is 181 Å². The summed E-state index contributed by atoms with van der Waals surface area (Å²) in [5.41, 5.74) is 4.53. The number of phenols is 2. The first-order valence-corrected chi connectivity index (χ1v) is 17.6. The van der Waals surface area contributed by atoms with Crippen molar-refractivity contribution in [3.8, 4) is 33.8 Å². The highest BCUT2D eigenvalue weighted by molar-refractivity contribution is 6.17. The normalized spacial score (nSPS) is 11.3. The van der Waals surface area contributed by atoms with E-state index < -0.39 is 0 Å². The predicted molar refractivity (Wildman–Crippen MR) is 219 cm³/mol. The van der Waals surface area contributed by atoms with E-state index in [4.69, 9.17) is 0 Å². The monoisotopic (exact) mass is 700 g/mol. The van der Waals surface area contributed by atoms with Gasteiger partial charge >= 0.3 is 0 Å². The van der Waals surface area contributed by atoms with Crippen molar-refractivity contribution in [1.82, 2.24) is 0 Å². The summed E-state index contributed by atoms with van der Waals surface area (Å²) in [7, 11) is 0. The van der Waals surface area contributed by atoms with Gasteiger partial charge < -0.3 is 20.8 Å². The summed E-state index contributed by atoms with van der Waals surface area (Å²) < 4.78 is 0. The number of rotatable bonds is 6. The van der Waals surface area contributed by atoms with E-state index in [-0.39, 0.29) is 23.3 Å². The predicted octanol–water partition coefficient (Wildman–Crippen LogP) is 11.5. The van der Waals surface area contributed by atoms with E-state index in [0.717, 1.165) is 54.2 Å². The number of aromatic hydroxyl groups is 2. The van der Waals surface area contributed by atoms with Crippen molar-refractivity contribution in [2.75, 3.05) is 10.6 Å². The van der Waals surface area contributed by atoms with Crippen molar-refractivity contribution in [2.45, 2.75) is 0 Å². The first-order valence-electron chi connectivity index (χ1n) is 17.6. The summed E-state index contributed by atoms with van der Waals surface area (Å²) in [6.45, 7) is 0. The van der Waals surface area contributed by atoms with E-state index in [2.05, 4.69) is 10.6 Å². The van der Waals surface area contributed by atoms with Crippen LogP contribution in [0.5, 0.6) is 11.5 Å². The van der Waals surface area contributed by atoms with Crippen LogP contribution in [0.3, 0.4) is 0 Å². The molecule has 9 rings (SSSR count). The summed E-state index contributed by atoms with van der Waals surface area (Å²) in [5.74, 6) is -0.495. The molecule has 0 unspecified atom stereocenters. The van der Waals surface area contributed by atoms with Gasteiger partial charge in [0.25, 0.3) is 11.8 Å². The number of benzene rings is 9. The molecule has 0 saturated carbocycles. The molecule has 0 aliphatic heterocycles. The topological polar surface area (TPSA) is 98.7 Å². The quantitative estimate of drug-likeness (QED) is 0.139. The number of phenolic OH excluding ortho intramolecular Hbond substituents is 2. The second-order valence-electron chi connectivity index (χ2n) is 13.3. The summed E-state index contributed by atoms with van der Waals surface area (Å²) >= 11 is 0. The third-order valence-electron chi connectivity index (χ3n) is 10.1. The second kappa shape index (κ2) is 13.3. The summed E-state index contributed by atoms with van der Waals surface area (Å²) in [5, 5.41) is 36.0. The fourth-order valence-corrected chi connectivity index (χ4v) is 7.50. The number of hydrogen-bond acceptors (Lipinski definition) is 4. The van der Waals surface area contributed by atoms with E-state index in [1.807, 2.05) is 133 Å². The van der Waals surface area contributed by atoms with Crippen LogP contribution >= 0.6 is 0 Å². The zero-order valence-electron chi connectivity index (χ0n) is 28.9. The lowest BCUT2D eigenvalue weighted by Crippen LogP contribution is -2.15. The van der Waals surface area contributed by atoms with Gasteiger partial charge in [0.15, 0.2) is 0 Å². The molecule has 0 heterocycles. The largest absolute Gasteiger partial charge is 0.507 e. The number of nitrogens with one attached hydrogen (secondary N) is 2. The fourth-order valence-electron chi connectivity index (χ4n) is 7.50. The smallest absolute Gasteiger partial charge is 0.255 e. The summed E-state index contributed by atoms with van der Waals surface area (Å²) in [4.78, 5) is 27.6. The molecule has 9 aromatic carbocycles. The van der Waals surface area contributed by atoms with Gasteiger partial charge in [-0.1, -0.05) is 121 Å². The second-order valence-corrected chi connectivity index (χ2v) is 13.3. The van der Waals surface area contributed by atoms with Gasteiger partial charge in [-0.25, -0.2) is 0 Å². The van der Waals surface area contributed by atoms with Crippen molar-refractivity contribution in [2.24, 2.45) is 0 Å². The molecule has 6 nitrogen and oxygen atoms in total. The van der Waals surface area contributed by atoms with E-state index in [9.17, 15) is 19.8 Å². The molecule has 0 radical (unpaired) electrons. The maximum Gasteiger partial charge on any atom is 0.255 e. The number of hydrogen-bond donors (Lipinski definition) is 4. The lowest BCUT2D eigenvalue weighted by molar-refractivity contribution is 0.101. The Morgan fingerprint density at radius 3 is 0.981 bits per heavy atom. The molecule has 258 valence electrons. The van der Waals surface area contributed by atoms with Gasteiger partial charge in [-0.15, -0.1) is 0 Å². The van der Waals surface area contributed by atoms with Crippen LogP contribution in [0.1, 0.15) is 20.7 Å². The Morgan fingerprint density at radius 1 is 0.333 bits per heavy atom. The molecule has 0 saturated heterocycles. The Bertz CT molecular complexity index is 2750. The first kappa shape index (κ1) is 32.5.